The molecule has 2 aromatic heterocycles. The predicted molar refractivity (Wildman–Crippen MR) is 71.4 cm³/mol. The molecule has 1 aromatic carbocycles. The summed E-state index contributed by atoms with van der Waals surface area (Å²) >= 11 is 0. The fourth-order valence-corrected chi connectivity index (χ4v) is 2.25. The Morgan fingerprint density at radius 1 is 1.11 bits per heavy atom. The number of aromatic amines is 1. The zero-order chi connectivity index (χ0) is 12.4. The first-order valence-corrected chi connectivity index (χ1v) is 5.90. The van der Waals surface area contributed by atoms with Gasteiger partial charge in [0.15, 0.2) is 0 Å². The van der Waals surface area contributed by atoms with Crippen molar-refractivity contribution >= 4 is 10.9 Å². The highest BCUT2D eigenvalue weighted by atomic mass is 16.5. The van der Waals surface area contributed by atoms with Crippen LogP contribution in [0, 0.1) is 0 Å². The molecule has 3 heteroatoms. The van der Waals surface area contributed by atoms with E-state index in [2.05, 4.69) is 22.1 Å². The van der Waals surface area contributed by atoms with Crippen LogP contribution in [0.15, 0.2) is 54.9 Å². The van der Waals surface area contributed by atoms with Gasteiger partial charge in [0.2, 0.25) is 0 Å². The number of aromatic nitrogens is 2. The lowest BCUT2D eigenvalue weighted by molar-refractivity contribution is 0.134. The van der Waals surface area contributed by atoms with Crippen molar-refractivity contribution in [2.45, 2.75) is 6.10 Å². The van der Waals surface area contributed by atoms with E-state index in [9.17, 15) is 0 Å². The highest BCUT2D eigenvalue weighted by molar-refractivity contribution is 5.83. The molecule has 3 nitrogen and oxygen atoms in total. The fraction of sp³-hybridized carbons (Fsp3) is 0.133. The van der Waals surface area contributed by atoms with Crippen LogP contribution in [0.25, 0.3) is 10.9 Å². The van der Waals surface area contributed by atoms with Crippen molar-refractivity contribution < 1.29 is 4.74 Å². The highest BCUT2D eigenvalue weighted by Crippen LogP contribution is 2.29. The van der Waals surface area contributed by atoms with E-state index in [1.165, 1.54) is 5.39 Å². The number of benzene rings is 1. The molecule has 0 aliphatic heterocycles. The van der Waals surface area contributed by atoms with Gasteiger partial charge in [-0.2, -0.15) is 0 Å². The van der Waals surface area contributed by atoms with Gasteiger partial charge in [-0.3, -0.25) is 4.98 Å². The van der Waals surface area contributed by atoms with Crippen LogP contribution >= 0.6 is 0 Å². The summed E-state index contributed by atoms with van der Waals surface area (Å²) in [6.07, 6.45) is 3.64. The van der Waals surface area contributed by atoms with Gasteiger partial charge >= 0.3 is 0 Å². The molecule has 18 heavy (non-hydrogen) atoms. The Labute approximate surface area is 105 Å². The molecule has 3 rings (SSSR count). The summed E-state index contributed by atoms with van der Waals surface area (Å²) in [5.74, 6) is 0. The van der Waals surface area contributed by atoms with Crippen molar-refractivity contribution in [2.24, 2.45) is 0 Å². The number of nitrogens with one attached hydrogen (secondary N) is 1. The SMILES string of the molecule is COC(c1ccccn1)c1c[nH]c2ccccc12. The van der Waals surface area contributed by atoms with E-state index in [1.807, 2.05) is 36.5 Å². The minimum absolute atomic E-state index is 0.137. The van der Waals surface area contributed by atoms with E-state index in [0.29, 0.717) is 0 Å². The number of H-pyrrole nitrogens is 1. The lowest BCUT2D eigenvalue weighted by Gasteiger charge is -2.13. The molecule has 0 bridgehead atoms. The molecule has 1 N–H and O–H groups in total. The van der Waals surface area contributed by atoms with Crippen LogP contribution in [0.3, 0.4) is 0 Å². The van der Waals surface area contributed by atoms with Crippen LogP contribution < -0.4 is 0 Å². The zero-order valence-electron chi connectivity index (χ0n) is 10.1. The molecule has 0 aliphatic carbocycles. The first kappa shape index (κ1) is 11.0. The first-order valence-electron chi connectivity index (χ1n) is 5.90. The number of nitrogens with zero attached hydrogens (tertiary/aromatic N) is 1. The Bertz CT molecular complexity index is 646. The van der Waals surface area contributed by atoms with Crippen molar-refractivity contribution in [3.63, 3.8) is 0 Å². The molecular formula is C15H14N2O. The molecule has 1 unspecified atom stereocenters. The van der Waals surface area contributed by atoms with E-state index < -0.39 is 0 Å². The van der Waals surface area contributed by atoms with Gasteiger partial charge < -0.3 is 9.72 Å². The van der Waals surface area contributed by atoms with Crippen molar-refractivity contribution in [3.8, 4) is 0 Å². The summed E-state index contributed by atoms with van der Waals surface area (Å²) in [5, 5.41) is 1.18. The Hall–Kier alpha value is -2.13. The lowest BCUT2D eigenvalue weighted by Crippen LogP contribution is -2.04. The van der Waals surface area contributed by atoms with Crippen molar-refractivity contribution in [1.29, 1.82) is 0 Å². The summed E-state index contributed by atoms with van der Waals surface area (Å²) in [6.45, 7) is 0. The molecule has 1 atom stereocenters. The van der Waals surface area contributed by atoms with Gasteiger partial charge in [-0.25, -0.2) is 0 Å². The third-order valence-corrected chi connectivity index (χ3v) is 3.10. The second-order valence-electron chi connectivity index (χ2n) is 4.16. The van der Waals surface area contributed by atoms with Gasteiger partial charge in [-0.1, -0.05) is 24.3 Å². The maximum atomic E-state index is 5.61. The normalized spacial score (nSPS) is 12.7. The van der Waals surface area contributed by atoms with Crippen LogP contribution in [-0.4, -0.2) is 17.1 Å². The third-order valence-electron chi connectivity index (χ3n) is 3.10. The Morgan fingerprint density at radius 3 is 2.72 bits per heavy atom. The molecule has 2 heterocycles. The molecule has 0 aliphatic rings. The summed E-state index contributed by atoms with van der Waals surface area (Å²) in [6, 6.07) is 14.1. The average molecular weight is 238 g/mol. The van der Waals surface area contributed by atoms with Crippen molar-refractivity contribution in [3.05, 3.63) is 66.1 Å². The second-order valence-corrected chi connectivity index (χ2v) is 4.16. The standard InChI is InChI=1S/C15H14N2O/c1-18-15(14-8-4-5-9-16-14)12-10-17-13-7-3-2-6-11(12)13/h2-10,15,17H,1H3. The summed E-state index contributed by atoms with van der Waals surface area (Å²) < 4.78 is 5.61. The van der Waals surface area contributed by atoms with Crippen LogP contribution in [0.1, 0.15) is 17.4 Å². The van der Waals surface area contributed by atoms with E-state index in [4.69, 9.17) is 4.74 Å². The number of rotatable bonds is 3. The molecular weight excluding hydrogens is 224 g/mol. The Morgan fingerprint density at radius 2 is 1.94 bits per heavy atom. The van der Waals surface area contributed by atoms with Gasteiger partial charge in [0, 0.05) is 36.0 Å². The van der Waals surface area contributed by atoms with E-state index in [1.54, 1.807) is 13.3 Å². The minimum atomic E-state index is -0.137. The van der Waals surface area contributed by atoms with Crippen LogP contribution in [0.5, 0.6) is 0 Å². The van der Waals surface area contributed by atoms with E-state index >= 15 is 0 Å². The summed E-state index contributed by atoms with van der Waals surface area (Å²) in [5.41, 5.74) is 3.15. The van der Waals surface area contributed by atoms with Crippen LogP contribution in [0.2, 0.25) is 0 Å². The summed E-state index contributed by atoms with van der Waals surface area (Å²) in [7, 11) is 1.71. The van der Waals surface area contributed by atoms with Crippen LogP contribution in [-0.2, 0) is 4.74 Å². The van der Waals surface area contributed by atoms with Crippen LogP contribution in [0.4, 0.5) is 0 Å². The summed E-state index contributed by atoms with van der Waals surface area (Å²) in [4.78, 5) is 7.64. The fourth-order valence-electron chi connectivity index (χ4n) is 2.25. The van der Waals surface area contributed by atoms with E-state index in [0.717, 1.165) is 16.8 Å². The Balaban J connectivity index is 2.12. The molecule has 0 amide bonds. The predicted octanol–water partition coefficient (Wildman–Crippen LogP) is 3.30. The van der Waals surface area contributed by atoms with Gasteiger partial charge in [0.1, 0.15) is 6.10 Å². The zero-order valence-corrected chi connectivity index (χ0v) is 10.1. The maximum absolute atomic E-state index is 5.61. The third kappa shape index (κ3) is 1.79. The smallest absolute Gasteiger partial charge is 0.126 e. The molecule has 0 fully saturated rings. The molecule has 0 saturated heterocycles. The number of methoxy groups -OCH3 is 1. The quantitative estimate of drug-likeness (QED) is 0.760. The van der Waals surface area contributed by atoms with Gasteiger partial charge in [-0.05, 0) is 18.2 Å². The minimum Gasteiger partial charge on any atom is -0.370 e. The molecule has 0 saturated carbocycles. The number of hydrogen-bond donors (Lipinski definition) is 1. The number of hydrogen-bond acceptors (Lipinski definition) is 2. The number of pyridine rings is 1. The second kappa shape index (κ2) is 4.63. The average Bonchev–Trinajstić information content (AvgIpc) is 2.85. The number of ether oxygens (including phenoxy) is 1. The van der Waals surface area contributed by atoms with Gasteiger partial charge in [-0.15, -0.1) is 0 Å². The molecule has 3 aromatic rings. The lowest BCUT2D eigenvalue weighted by atomic mass is 10.0. The van der Waals surface area contributed by atoms with Gasteiger partial charge in [0.05, 0.1) is 5.69 Å². The number of para-hydroxylation sites is 1. The van der Waals surface area contributed by atoms with Gasteiger partial charge in [0.25, 0.3) is 0 Å². The molecule has 0 spiro atoms. The topological polar surface area (TPSA) is 37.9 Å². The number of fused-ring (bicyclic) bond motifs is 1. The molecule has 90 valence electrons. The van der Waals surface area contributed by atoms with E-state index in [-0.39, 0.29) is 6.10 Å². The monoisotopic (exact) mass is 238 g/mol. The first-order chi connectivity index (χ1) is 8.90. The maximum Gasteiger partial charge on any atom is 0.126 e. The Kier molecular flexibility index (Phi) is 2.82. The highest BCUT2D eigenvalue weighted by Gasteiger charge is 2.17. The molecule has 0 radical (unpaired) electrons. The van der Waals surface area contributed by atoms with Crippen molar-refractivity contribution in [2.75, 3.05) is 7.11 Å². The van der Waals surface area contributed by atoms with Crippen molar-refractivity contribution in [1.82, 2.24) is 9.97 Å². The largest absolute Gasteiger partial charge is 0.370 e.